The number of H-pyrrole nitrogens is 1. The Bertz CT molecular complexity index is 1180. The molecule has 0 radical (unpaired) electrons. The molecular formula is C32H57N7O8S. The number of tetrazole rings is 1. The zero-order valence-electron chi connectivity index (χ0n) is 28.6. The van der Waals surface area contributed by atoms with Crippen LogP contribution < -0.4 is 15.4 Å². The van der Waals surface area contributed by atoms with Crippen LogP contribution in [-0.4, -0.2) is 83.0 Å². The molecule has 1 aromatic heterocycles. The third-order valence-corrected chi connectivity index (χ3v) is 9.42. The summed E-state index contributed by atoms with van der Waals surface area (Å²) in [5.74, 6) is -3.10. The summed E-state index contributed by atoms with van der Waals surface area (Å²) in [5.41, 5.74) is 0. The number of nitrogens with one attached hydrogen (secondary N) is 4. The summed E-state index contributed by atoms with van der Waals surface area (Å²) >= 11 is 0. The molecule has 0 aliphatic heterocycles. The molecule has 0 fully saturated rings. The van der Waals surface area contributed by atoms with E-state index < -0.39 is 27.8 Å². The zero-order valence-corrected chi connectivity index (χ0v) is 29.4. The van der Waals surface area contributed by atoms with E-state index in [-0.39, 0.29) is 74.8 Å². The van der Waals surface area contributed by atoms with E-state index >= 15 is 0 Å². The molecule has 1 aromatic rings. The second-order valence-electron chi connectivity index (χ2n) is 12.3. The number of carbonyl (C=O) groups is 5. The number of nitrogens with zero attached hydrogens (tertiary/aromatic N) is 3. The number of hydrogen-bond donors (Lipinski definition) is 5. The second kappa shape index (κ2) is 26.5. The van der Waals surface area contributed by atoms with Crippen LogP contribution in [0.3, 0.4) is 0 Å². The van der Waals surface area contributed by atoms with E-state index in [4.69, 9.17) is 0 Å². The summed E-state index contributed by atoms with van der Waals surface area (Å²) < 4.78 is 26.5. The number of hydrogen-bond acceptors (Lipinski definition) is 10. The van der Waals surface area contributed by atoms with Gasteiger partial charge in [0.15, 0.2) is 5.82 Å². The van der Waals surface area contributed by atoms with Crippen LogP contribution >= 0.6 is 0 Å². The smallest absolute Gasteiger partial charge is 0.306 e. The van der Waals surface area contributed by atoms with Crippen LogP contribution in [0, 0.1) is 5.92 Å². The first kappa shape index (κ1) is 42.6. The molecule has 1 unspecified atom stereocenters. The van der Waals surface area contributed by atoms with Crippen LogP contribution in [0.15, 0.2) is 0 Å². The average molecular weight is 700 g/mol. The number of aliphatic carboxylic acids is 1. The molecule has 1 heterocycles. The summed E-state index contributed by atoms with van der Waals surface area (Å²) in [5, 5.41) is 28.2. The Morgan fingerprint density at radius 1 is 0.729 bits per heavy atom. The number of carboxylic acids is 1. The molecule has 5 N–H and O–H groups in total. The fourth-order valence-corrected chi connectivity index (χ4v) is 6.30. The lowest BCUT2D eigenvalue weighted by Crippen LogP contribution is -2.33. The van der Waals surface area contributed by atoms with E-state index in [9.17, 15) is 37.5 Å². The maximum atomic E-state index is 12.2. The molecule has 0 saturated heterocycles. The topological polar surface area (TPSA) is 230 Å². The first-order valence-electron chi connectivity index (χ1n) is 17.5. The highest BCUT2D eigenvalue weighted by atomic mass is 32.2. The Balaban J connectivity index is 1.97. The summed E-state index contributed by atoms with van der Waals surface area (Å²) in [6, 6.07) is 0. The van der Waals surface area contributed by atoms with Gasteiger partial charge in [0.25, 0.3) is 0 Å². The highest BCUT2D eigenvalue weighted by Gasteiger charge is 2.22. The molecule has 1 rings (SSSR count). The Labute approximate surface area is 285 Å². The van der Waals surface area contributed by atoms with Crippen LogP contribution in [0.4, 0.5) is 0 Å². The standard InChI is InChI=1S/C32H57N7O8S/c1-33-29(41)22-21-26(32(44)45)25-27(40)17-15-23-34-30(42)20-16-24-48(46,47)37-31(43)19-14-12-10-8-6-4-2-3-5-7-9-11-13-18-28-35-38-39-36-28/h26H,2-25H2,1H3,(H,33,41)(H,34,42)(H,37,43)(H,44,45)(H,35,36,38,39). The van der Waals surface area contributed by atoms with E-state index in [1.54, 1.807) is 0 Å². The fraction of sp³-hybridized carbons (Fsp3) is 0.812. The van der Waals surface area contributed by atoms with E-state index in [1.807, 2.05) is 0 Å². The predicted molar refractivity (Wildman–Crippen MR) is 180 cm³/mol. The number of carbonyl (C=O) groups excluding carboxylic acids is 4. The third-order valence-electron chi connectivity index (χ3n) is 8.06. The number of ketones is 1. The lowest BCUT2D eigenvalue weighted by atomic mass is 9.95. The second-order valence-corrected chi connectivity index (χ2v) is 14.2. The molecule has 0 bridgehead atoms. The van der Waals surface area contributed by atoms with Gasteiger partial charge in [-0.25, -0.2) is 8.42 Å². The van der Waals surface area contributed by atoms with Crippen LogP contribution in [0.25, 0.3) is 0 Å². The summed E-state index contributed by atoms with van der Waals surface area (Å²) in [6.45, 7) is 0.190. The van der Waals surface area contributed by atoms with Crippen molar-refractivity contribution in [3.05, 3.63) is 5.82 Å². The Morgan fingerprint density at radius 2 is 1.31 bits per heavy atom. The molecule has 0 aliphatic carbocycles. The van der Waals surface area contributed by atoms with Crippen molar-refractivity contribution in [2.45, 2.75) is 141 Å². The molecule has 0 spiro atoms. The number of aromatic nitrogens is 4. The quantitative estimate of drug-likeness (QED) is 0.0704. The van der Waals surface area contributed by atoms with Crippen molar-refractivity contribution in [1.82, 2.24) is 36.0 Å². The van der Waals surface area contributed by atoms with Gasteiger partial charge < -0.3 is 15.7 Å². The minimum Gasteiger partial charge on any atom is -0.481 e. The molecule has 274 valence electrons. The normalized spacial score (nSPS) is 11.9. The Morgan fingerprint density at radius 3 is 1.88 bits per heavy atom. The van der Waals surface area contributed by atoms with Gasteiger partial charge in [0.05, 0.1) is 11.7 Å². The minimum absolute atomic E-state index is 0.0189. The number of rotatable bonds is 31. The van der Waals surface area contributed by atoms with Crippen molar-refractivity contribution < 1.29 is 37.5 Å². The number of Topliss-reactive ketones (excluding diaryl/α,β-unsaturated/α-hetero) is 1. The van der Waals surface area contributed by atoms with Gasteiger partial charge in [-0.1, -0.05) is 75.8 Å². The van der Waals surface area contributed by atoms with Crippen LogP contribution in [0.2, 0.25) is 0 Å². The van der Waals surface area contributed by atoms with Crippen molar-refractivity contribution in [2.75, 3.05) is 19.3 Å². The van der Waals surface area contributed by atoms with Crippen molar-refractivity contribution in [2.24, 2.45) is 5.92 Å². The lowest BCUT2D eigenvalue weighted by Gasteiger charge is -2.11. The number of unbranched alkanes of at least 4 members (excludes halogenated alkanes) is 12. The SMILES string of the molecule is CNC(=O)CCC(CC(=O)CCCNC(=O)CCCS(=O)(=O)NC(=O)CCCCCCCCCCCCCCCc1nn[nH]n1)C(=O)O. The van der Waals surface area contributed by atoms with Gasteiger partial charge in [-0.15, -0.1) is 10.2 Å². The highest BCUT2D eigenvalue weighted by Crippen LogP contribution is 2.15. The number of carboxylic acid groups (broad SMARTS) is 1. The molecule has 0 aromatic carbocycles. The van der Waals surface area contributed by atoms with E-state index in [0.717, 1.165) is 37.9 Å². The number of amides is 3. The molecule has 1 atom stereocenters. The van der Waals surface area contributed by atoms with Gasteiger partial charge in [0.2, 0.25) is 27.7 Å². The minimum atomic E-state index is -3.83. The van der Waals surface area contributed by atoms with Gasteiger partial charge >= 0.3 is 5.97 Å². The van der Waals surface area contributed by atoms with Crippen molar-refractivity contribution in [3.8, 4) is 0 Å². The summed E-state index contributed by atoms with van der Waals surface area (Å²) in [6.07, 6.45) is 15.9. The van der Waals surface area contributed by atoms with Gasteiger partial charge in [-0.2, -0.15) is 5.21 Å². The van der Waals surface area contributed by atoms with E-state index in [2.05, 4.69) is 36.0 Å². The number of aromatic amines is 1. The Hall–Kier alpha value is -3.43. The summed E-state index contributed by atoms with van der Waals surface area (Å²) in [7, 11) is -2.38. The first-order chi connectivity index (χ1) is 23.0. The zero-order chi connectivity index (χ0) is 35.5. The maximum Gasteiger partial charge on any atom is 0.306 e. The molecular weight excluding hydrogens is 642 g/mol. The number of aryl methyl sites for hydroxylation is 1. The van der Waals surface area contributed by atoms with Crippen LogP contribution in [0.5, 0.6) is 0 Å². The maximum absolute atomic E-state index is 12.2. The Kier molecular flexibility index (Phi) is 23.5. The molecule has 48 heavy (non-hydrogen) atoms. The lowest BCUT2D eigenvalue weighted by molar-refractivity contribution is -0.144. The van der Waals surface area contributed by atoms with E-state index in [1.165, 1.54) is 58.4 Å². The molecule has 0 aliphatic rings. The van der Waals surface area contributed by atoms with Gasteiger partial charge in [0.1, 0.15) is 5.78 Å². The van der Waals surface area contributed by atoms with Gasteiger partial charge in [0, 0.05) is 52.1 Å². The van der Waals surface area contributed by atoms with Gasteiger partial charge in [-0.05, 0) is 32.1 Å². The van der Waals surface area contributed by atoms with E-state index in [0.29, 0.717) is 12.8 Å². The third kappa shape index (κ3) is 23.8. The van der Waals surface area contributed by atoms with Crippen molar-refractivity contribution in [3.63, 3.8) is 0 Å². The monoisotopic (exact) mass is 699 g/mol. The largest absolute Gasteiger partial charge is 0.481 e. The molecule has 16 heteroatoms. The van der Waals surface area contributed by atoms with Crippen LogP contribution in [0.1, 0.15) is 141 Å². The molecule has 0 saturated carbocycles. The molecule has 3 amide bonds. The van der Waals surface area contributed by atoms with Gasteiger partial charge in [-0.3, -0.25) is 28.7 Å². The predicted octanol–water partition coefficient (Wildman–Crippen LogP) is 3.51. The van der Waals surface area contributed by atoms with Crippen molar-refractivity contribution in [1.29, 1.82) is 0 Å². The molecule has 15 nitrogen and oxygen atoms in total. The first-order valence-corrected chi connectivity index (χ1v) is 19.1. The highest BCUT2D eigenvalue weighted by molar-refractivity contribution is 7.90. The van der Waals surface area contributed by atoms with Crippen molar-refractivity contribution >= 4 is 39.5 Å². The van der Waals surface area contributed by atoms with Crippen LogP contribution in [-0.2, 0) is 40.4 Å². The average Bonchev–Trinajstić information content (AvgIpc) is 3.56. The fourth-order valence-electron chi connectivity index (χ4n) is 5.22. The summed E-state index contributed by atoms with van der Waals surface area (Å²) in [4.78, 5) is 58.9. The number of sulfonamides is 1.